The zero-order valence-corrected chi connectivity index (χ0v) is 12.5. The van der Waals surface area contributed by atoms with Crippen LogP contribution in [-0.2, 0) is 20.8 Å². The molecule has 114 valence electrons. The topological polar surface area (TPSA) is 76.5 Å². The molecule has 0 saturated carbocycles. The molecule has 21 heavy (non-hydrogen) atoms. The molecule has 1 aliphatic heterocycles. The summed E-state index contributed by atoms with van der Waals surface area (Å²) in [7, 11) is 1.59. The van der Waals surface area contributed by atoms with Crippen LogP contribution in [0.1, 0.15) is 19.4 Å². The normalized spacial score (nSPS) is 32.4. The number of hydrogen-bond acceptors (Lipinski definition) is 4. The Morgan fingerprint density at radius 1 is 1.29 bits per heavy atom. The summed E-state index contributed by atoms with van der Waals surface area (Å²) in [6.45, 7) is 4.35. The molecular formula is C15H21N3O3. The Labute approximate surface area is 124 Å². The molecule has 0 aliphatic carbocycles. The van der Waals surface area contributed by atoms with Gasteiger partial charge in [-0.05, 0) is 23.9 Å². The second kappa shape index (κ2) is 7.43. The first-order valence-corrected chi connectivity index (χ1v) is 7.05. The molecule has 2 unspecified atom stereocenters. The van der Waals surface area contributed by atoms with Crippen molar-refractivity contribution < 1.29 is 14.2 Å². The summed E-state index contributed by atoms with van der Waals surface area (Å²) in [5.41, 5.74) is 9.78. The highest BCUT2D eigenvalue weighted by Gasteiger charge is 2.42. The van der Waals surface area contributed by atoms with E-state index in [1.54, 1.807) is 7.11 Å². The van der Waals surface area contributed by atoms with Crippen LogP contribution in [0.2, 0.25) is 0 Å². The third kappa shape index (κ3) is 3.74. The summed E-state index contributed by atoms with van der Waals surface area (Å²) in [6, 6.07) is 9.65. The molecule has 0 radical (unpaired) electrons. The number of methoxy groups -OCH3 is 1. The zero-order valence-electron chi connectivity index (χ0n) is 12.5. The van der Waals surface area contributed by atoms with Crippen LogP contribution in [0.4, 0.5) is 0 Å². The summed E-state index contributed by atoms with van der Waals surface area (Å²) in [5.74, 6) is 0.0123. The van der Waals surface area contributed by atoms with Crippen molar-refractivity contribution in [2.75, 3.05) is 7.11 Å². The Kier molecular flexibility index (Phi) is 5.59. The average Bonchev–Trinajstić information content (AvgIpc) is 2.51. The van der Waals surface area contributed by atoms with E-state index < -0.39 is 6.29 Å². The number of rotatable bonds is 5. The minimum Gasteiger partial charge on any atom is -0.368 e. The van der Waals surface area contributed by atoms with Crippen molar-refractivity contribution in [2.45, 2.75) is 45.0 Å². The van der Waals surface area contributed by atoms with Crippen molar-refractivity contribution in [3.05, 3.63) is 46.3 Å². The summed E-state index contributed by atoms with van der Waals surface area (Å²) >= 11 is 0. The van der Waals surface area contributed by atoms with E-state index in [0.717, 1.165) is 5.56 Å². The third-order valence-corrected chi connectivity index (χ3v) is 3.86. The largest absolute Gasteiger partial charge is 0.368 e. The quantitative estimate of drug-likeness (QED) is 0.474. The van der Waals surface area contributed by atoms with Gasteiger partial charge in [0.1, 0.15) is 6.10 Å². The predicted octanol–water partition coefficient (Wildman–Crippen LogP) is 3.28. The Bertz CT molecular complexity index is 490. The maximum Gasteiger partial charge on any atom is 0.183 e. The molecule has 1 aromatic carbocycles. The highest BCUT2D eigenvalue weighted by Crippen LogP contribution is 2.31. The van der Waals surface area contributed by atoms with E-state index in [0.29, 0.717) is 6.61 Å². The summed E-state index contributed by atoms with van der Waals surface area (Å²) in [4.78, 5) is 2.91. The first-order valence-electron chi connectivity index (χ1n) is 7.05. The Morgan fingerprint density at radius 2 is 2.00 bits per heavy atom. The fourth-order valence-electron chi connectivity index (χ4n) is 2.68. The van der Waals surface area contributed by atoms with Crippen LogP contribution in [0, 0.1) is 5.92 Å². The molecule has 1 fully saturated rings. The molecule has 1 aromatic rings. The molecule has 1 saturated heterocycles. The lowest BCUT2D eigenvalue weighted by Gasteiger charge is -2.42. The highest BCUT2D eigenvalue weighted by molar-refractivity contribution is 5.13. The number of azide groups is 1. The van der Waals surface area contributed by atoms with Gasteiger partial charge in [-0.2, -0.15) is 0 Å². The second-order valence-corrected chi connectivity index (χ2v) is 5.26. The van der Waals surface area contributed by atoms with Crippen molar-refractivity contribution in [2.24, 2.45) is 11.0 Å². The standard InChI is InChI=1S/C15H21N3O3/c1-10-13(17-18-16)11(2)21-15(19-3)14(10)20-9-12-7-5-4-6-8-12/h4-8,10-11,13-15H,9H2,1-3H3/t10-,11?,13-,14?,15-/m0/s1. The molecule has 0 bridgehead atoms. The van der Waals surface area contributed by atoms with Crippen molar-refractivity contribution in [3.63, 3.8) is 0 Å². The first kappa shape index (κ1) is 15.8. The number of ether oxygens (including phenoxy) is 3. The van der Waals surface area contributed by atoms with E-state index in [2.05, 4.69) is 10.0 Å². The summed E-state index contributed by atoms with van der Waals surface area (Å²) < 4.78 is 17.1. The lowest BCUT2D eigenvalue weighted by molar-refractivity contribution is -0.260. The number of benzene rings is 1. The molecule has 1 heterocycles. The Morgan fingerprint density at radius 3 is 2.62 bits per heavy atom. The van der Waals surface area contributed by atoms with Gasteiger partial charge < -0.3 is 14.2 Å². The van der Waals surface area contributed by atoms with E-state index in [1.165, 1.54) is 0 Å². The van der Waals surface area contributed by atoms with Crippen LogP contribution >= 0.6 is 0 Å². The molecule has 0 N–H and O–H groups in total. The molecule has 6 heteroatoms. The number of hydrogen-bond donors (Lipinski definition) is 0. The Hall–Kier alpha value is -1.59. The van der Waals surface area contributed by atoms with Gasteiger partial charge in [0.25, 0.3) is 0 Å². The lowest BCUT2D eigenvalue weighted by Crippen LogP contribution is -2.53. The SMILES string of the molecule is CO[C@H]1OC(C)[C@@H](N=[N+]=[N-])[C@H](C)C1OCc1ccccc1. The van der Waals surface area contributed by atoms with Crippen molar-refractivity contribution in [1.82, 2.24) is 0 Å². The van der Waals surface area contributed by atoms with Crippen molar-refractivity contribution in [3.8, 4) is 0 Å². The molecule has 2 rings (SSSR count). The fourth-order valence-corrected chi connectivity index (χ4v) is 2.68. The van der Waals surface area contributed by atoms with Gasteiger partial charge in [0.05, 0.1) is 18.8 Å². The number of nitrogens with zero attached hydrogens (tertiary/aromatic N) is 3. The second-order valence-electron chi connectivity index (χ2n) is 5.26. The van der Waals surface area contributed by atoms with Crippen molar-refractivity contribution >= 4 is 0 Å². The van der Waals surface area contributed by atoms with Gasteiger partial charge in [0, 0.05) is 12.0 Å². The smallest absolute Gasteiger partial charge is 0.183 e. The van der Waals surface area contributed by atoms with E-state index >= 15 is 0 Å². The fraction of sp³-hybridized carbons (Fsp3) is 0.600. The van der Waals surface area contributed by atoms with Crippen molar-refractivity contribution in [1.29, 1.82) is 0 Å². The van der Waals surface area contributed by atoms with E-state index in [4.69, 9.17) is 19.7 Å². The third-order valence-electron chi connectivity index (χ3n) is 3.86. The molecular weight excluding hydrogens is 270 g/mol. The Balaban J connectivity index is 2.08. The average molecular weight is 291 g/mol. The summed E-state index contributed by atoms with van der Waals surface area (Å²) in [5, 5.41) is 3.84. The van der Waals surface area contributed by atoms with E-state index in [9.17, 15) is 0 Å². The van der Waals surface area contributed by atoms with Crippen LogP contribution in [0.3, 0.4) is 0 Å². The minimum atomic E-state index is -0.455. The first-order chi connectivity index (χ1) is 10.2. The predicted molar refractivity (Wildman–Crippen MR) is 78.5 cm³/mol. The van der Waals surface area contributed by atoms with Crippen LogP contribution in [0.15, 0.2) is 35.4 Å². The van der Waals surface area contributed by atoms with Gasteiger partial charge in [-0.1, -0.05) is 42.4 Å². The van der Waals surface area contributed by atoms with Crippen LogP contribution in [-0.4, -0.2) is 31.6 Å². The van der Waals surface area contributed by atoms with Gasteiger partial charge in [0.15, 0.2) is 6.29 Å². The molecule has 0 aromatic heterocycles. The summed E-state index contributed by atoms with van der Waals surface area (Å²) in [6.07, 6.45) is -0.928. The maximum atomic E-state index is 8.70. The van der Waals surface area contributed by atoms with Gasteiger partial charge in [0.2, 0.25) is 0 Å². The molecule has 0 amide bonds. The monoisotopic (exact) mass is 291 g/mol. The van der Waals surface area contributed by atoms with Gasteiger partial charge in [-0.25, -0.2) is 0 Å². The lowest BCUT2D eigenvalue weighted by atomic mass is 9.89. The molecule has 0 spiro atoms. The van der Waals surface area contributed by atoms with E-state index in [-0.39, 0.29) is 24.2 Å². The molecule has 5 atom stereocenters. The molecule has 1 aliphatic rings. The van der Waals surface area contributed by atoms with Crippen LogP contribution < -0.4 is 0 Å². The van der Waals surface area contributed by atoms with Gasteiger partial charge in [-0.3, -0.25) is 0 Å². The van der Waals surface area contributed by atoms with E-state index in [1.807, 2.05) is 44.2 Å². The van der Waals surface area contributed by atoms with Gasteiger partial charge in [-0.15, -0.1) is 0 Å². The molecule has 6 nitrogen and oxygen atoms in total. The maximum absolute atomic E-state index is 8.70. The highest BCUT2D eigenvalue weighted by atomic mass is 16.7. The zero-order chi connectivity index (χ0) is 15.2. The van der Waals surface area contributed by atoms with Crippen LogP contribution in [0.5, 0.6) is 0 Å². The van der Waals surface area contributed by atoms with Crippen LogP contribution in [0.25, 0.3) is 10.4 Å². The minimum absolute atomic E-state index is 0.0123. The van der Waals surface area contributed by atoms with Gasteiger partial charge >= 0.3 is 0 Å².